The van der Waals surface area contributed by atoms with Crippen LogP contribution in [-0.4, -0.2) is 37.2 Å². The Bertz CT molecular complexity index is 713. The van der Waals surface area contributed by atoms with E-state index in [1.54, 1.807) is 12.6 Å². The van der Waals surface area contributed by atoms with Crippen LogP contribution in [-0.2, 0) is 16.0 Å². The van der Waals surface area contributed by atoms with Gasteiger partial charge in [-0.3, -0.25) is 4.79 Å². The van der Waals surface area contributed by atoms with E-state index in [9.17, 15) is 4.79 Å². The van der Waals surface area contributed by atoms with Gasteiger partial charge in [0.25, 0.3) is 0 Å². The fourth-order valence-corrected chi connectivity index (χ4v) is 2.79. The molecule has 1 aromatic carbocycles. The summed E-state index contributed by atoms with van der Waals surface area (Å²) in [6.07, 6.45) is 1.55. The van der Waals surface area contributed by atoms with Crippen LogP contribution in [0.25, 0.3) is 11.3 Å². The van der Waals surface area contributed by atoms with Crippen molar-refractivity contribution in [1.82, 2.24) is 4.98 Å². The first-order valence-corrected chi connectivity index (χ1v) is 8.80. The van der Waals surface area contributed by atoms with E-state index in [0.717, 1.165) is 29.0 Å². The van der Waals surface area contributed by atoms with Crippen LogP contribution < -0.4 is 16.2 Å². The lowest BCUT2D eigenvalue weighted by atomic mass is 10.0. The van der Waals surface area contributed by atoms with Crippen LogP contribution in [0.1, 0.15) is 18.4 Å². The van der Waals surface area contributed by atoms with Gasteiger partial charge in [0.05, 0.1) is 17.8 Å². The van der Waals surface area contributed by atoms with Crippen LogP contribution >= 0.6 is 11.3 Å². The first-order chi connectivity index (χ1) is 12.1. The number of nitrogens with two attached hydrogens (primary N) is 2. The number of carbonyl (C=O) groups is 1. The van der Waals surface area contributed by atoms with Crippen molar-refractivity contribution in [2.45, 2.75) is 19.3 Å². The maximum Gasteiger partial charge on any atom is 0.249 e. The third-order valence-electron chi connectivity index (χ3n) is 3.39. The fourth-order valence-electron chi connectivity index (χ4n) is 2.24. The lowest BCUT2D eigenvalue weighted by Gasteiger charge is -2.12. The van der Waals surface area contributed by atoms with Crippen LogP contribution in [0, 0.1) is 0 Å². The second-order valence-electron chi connectivity index (χ2n) is 5.33. The van der Waals surface area contributed by atoms with Gasteiger partial charge in [-0.25, -0.2) is 4.98 Å². The number of amides is 1. The van der Waals surface area contributed by atoms with Crippen molar-refractivity contribution < 1.29 is 14.3 Å². The third-order valence-corrected chi connectivity index (χ3v) is 3.97. The molecule has 0 aliphatic rings. The predicted molar refractivity (Wildman–Crippen MR) is 98.7 cm³/mol. The van der Waals surface area contributed by atoms with Crippen molar-refractivity contribution in [3.8, 4) is 17.0 Å². The van der Waals surface area contributed by atoms with Crippen molar-refractivity contribution in [2.24, 2.45) is 16.5 Å². The molecule has 0 aliphatic carbocycles. The summed E-state index contributed by atoms with van der Waals surface area (Å²) < 4.78 is 10.9. The van der Waals surface area contributed by atoms with Gasteiger partial charge in [-0.05, 0) is 24.1 Å². The number of hydrogen-bond donors (Lipinski definition) is 2. The Morgan fingerprint density at radius 3 is 2.84 bits per heavy atom. The Balaban J connectivity index is 2.11. The zero-order chi connectivity index (χ0) is 18.1. The van der Waals surface area contributed by atoms with Gasteiger partial charge in [-0.1, -0.05) is 6.07 Å². The Kier molecular flexibility index (Phi) is 7.36. The molecule has 1 heterocycles. The highest BCUT2D eigenvalue weighted by Crippen LogP contribution is 2.31. The number of aryl methyl sites for hydroxylation is 1. The average Bonchev–Trinajstić information content (AvgIpc) is 3.11. The first-order valence-electron chi connectivity index (χ1n) is 7.86. The summed E-state index contributed by atoms with van der Waals surface area (Å²) in [6, 6.07) is 5.85. The van der Waals surface area contributed by atoms with E-state index in [1.165, 1.54) is 11.3 Å². The number of nitrogens with zero attached hydrogens (tertiary/aromatic N) is 2. The minimum absolute atomic E-state index is 0.217. The van der Waals surface area contributed by atoms with Crippen LogP contribution in [0.3, 0.4) is 0 Å². The maximum absolute atomic E-state index is 11.6. The molecule has 25 heavy (non-hydrogen) atoms. The second kappa shape index (κ2) is 9.75. The van der Waals surface area contributed by atoms with Crippen molar-refractivity contribution >= 4 is 23.2 Å². The van der Waals surface area contributed by atoms with Gasteiger partial charge in [-0.2, -0.15) is 4.99 Å². The highest BCUT2D eigenvalue weighted by atomic mass is 32.1. The summed E-state index contributed by atoms with van der Waals surface area (Å²) >= 11 is 1.53. The number of thiazole rings is 1. The van der Waals surface area contributed by atoms with E-state index >= 15 is 0 Å². The van der Waals surface area contributed by atoms with E-state index in [2.05, 4.69) is 9.98 Å². The van der Waals surface area contributed by atoms with Gasteiger partial charge in [0, 0.05) is 37.5 Å². The molecule has 2 rings (SSSR count). The minimum atomic E-state index is -0.342. The number of aromatic nitrogens is 1. The quantitative estimate of drug-likeness (QED) is 0.400. The number of aliphatic imine (C=N–C) groups is 1. The number of rotatable bonds is 9. The zero-order valence-corrected chi connectivity index (χ0v) is 14.9. The standard InChI is InChI=1S/C17H22N4O3S/c1-23-7-2-8-24-15-9-12(4-6-16(22)21-17(18)19)3-5-13(15)14-10-25-11-20-14/h3,5,9-11H,2,4,6-8H2,1H3,(H4,18,19,21,22). The van der Waals surface area contributed by atoms with Gasteiger partial charge in [0.1, 0.15) is 5.75 Å². The van der Waals surface area contributed by atoms with Crippen LogP contribution in [0.5, 0.6) is 5.75 Å². The first kappa shape index (κ1) is 18.9. The van der Waals surface area contributed by atoms with E-state index in [0.29, 0.717) is 19.6 Å². The largest absolute Gasteiger partial charge is 0.493 e. The molecule has 8 heteroatoms. The molecule has 1 aromatic heterocycles. The molecule has 0 saturated heterocycles. The Hall–Kier alpha value is -2.45. The van der Waals surface area contributed by atoms with E-state index in [4.69, 9.17) is 20.9 Å². The summed E-state index contributed by atoms with van der Waals surface area (Å²) in [5, 5.41) is 1.97. The second-order valence-corrected chi connectivity index (χ2v) is 6.05. The lowest BCUT2D eigenvalue weighted by molar-refractivity contribution is -0.117. The molecular weight excluding hydrogens is 340 g/mol. The summed E-state index contributed by atoms with van der Waals surface area (Å²) in [5.74, 6) is 0.186. The molecule has 0 radical (unpaired) electrons. The van der Waals surface area contributed by atoms with Crippen molar-refractivity contribution in [3.63, 3.8) is 0 Å². The maximum atomic E-state index is 11.6. The molecule has 7 nitrogen and oxygen atoms in total. The Morgan fingerprint density at radius 1 is 1.32 bits per heavy atom. The molecule has 0 bridgehead atoms. The van der Waals surface area contributed by atoms with Crippen LogP contribution in [0.2, 0.25) is 0 Å². The molecular formula is C17H22N4O3S. The summed E-state index contributed by atoms with van der Waals surface area (Å²) in [7, 11) is 1.66. The van der Waals surface area contributed by atoms with E-state index in [1.807, 2.05) is 23.6 Å². The topological polar surface area (TPSA) is 113 Å². The number of benzene rings is 1. The van der Waals surface area contributed by atoms with Crippen LogP contribution in [0.15, 0.2) is 34.1 Å². The molecule has 4 N–H and O–H groups in total. The number of ether oxygens (including phenoxy) is 2. The molecule has 0 spiro atoms. The molecule has 0 atom stereocenters. The van der Waals surface area contributed by atoms with E-state index < -0.39 is 0 Å². The highest BCUT2D eigenvalue weighted by molar-refractivity contribution is 7.07. The minimum Gasteiger partial charge on any atom is -0.493 e. The van der Waals surface area contributed by atoms with Crippen molar-refractivity contribution in [2.75, 3.05) is 20.3 Å². The summed E-state index contributed by atoms with van der Waals surface area (Å²) in [4.78, 5) is 19.5. The number of hydrogen-bond acceptors (Lipinski definition) is 5. The monoisotopic (exact) mass is 362 g/mol. The van der Waals surface area contributed by atoms with Gasteiger partial charge >= 0.3 is 0 Å². The third kappa shape index (κ3) is 6.17. The van der Waals surface area contributed by atoms with E-state index in [-0.39, 0.29) is 18.3 Å². The molecule has 2 aromatic rings. The number of methoxy groups -OCH3 is 1. The number of carbonyl (C=O) groups excluding carboxylic acids is 1. The summed E-state index contributed by atoms with van der Waals surface area (Å²) in [6.45, 7) is 1.18. The van der Waals surface area contributed by atoms with Crippen molar-refractivity contribution in [1.29, 1.82) is 0 Å². The smallest absolute Gasteiger partial charge is 0.249 e. The molecule has 0 saturated carbocycles. The molecule has 1 amide bonds. The Morgan fingerprint density at radius 2 is 2.16 bits per heavy atom. The van der Waals surface area contributed by atoms with Crippen LogP contribution in [0.4, 0.5) is 0 Å². The Labute approximate surface area is 150 Å². The number of guanidine groups is 1. The fraction of sp³-hybridized carbons (Fsp3) is 0.353. The SMILES string of the molecule is COCCCOc1cc(CCC(=O)N=C(N)N)ccc1-c1cscn1. The normalized spacial score (nSPS) is 10.4. The van der Waals surface area contributed by atoms with Gasteiger partial charge < -0.3 is 20.9 Å². The molecule has 0 fully saturated rings. The van der Waals surface area contributed by atoms with Gasteiger partial charge in [0.2, 0.25) is 5.91 Å². The molecule has 134 valence electrons. The summed E-state index contributed by atoms with van der Waals surface area (Å²) in [5.41, 5.74) is 15.0. The highest BCUT2D eigenvalue weighted by Gasteiger charge is 2.11. The average molecular weight is 362 g/mol. The van der Waals surface area contributed by atoms with Gasteiger partial charge in [0.15, 0.2) is 5.96 Å². The molecule has 0 unspecified atom stereocenters. The van der Waals surface area contributed by atoms with Crippen molar-refractivity contribution in [3.05, 3.63) is 34.7 Å². The van der Waals surface area contributed by atoms with Gasteiger partial charge in [-0.15, -0.1) is 11.3 Å². The lowest BCUT2D eigenvalue weighted by Crippen LogP contribution is -2.24. The predicted octanol–water partition coefficient (Wildman–Crippen LogP) is 1.96. The molecule has 0 aliphatic heterocycles. The zero-order valence-electron chi connectivity index (χ0n) is 14.1.